The summed E-state index contributed by atoms with van der Waals surface area (Å²) in [7, 11) is 1.64. The lowest BCUT2D eigenvalue weighted by Gasteiger charge is -2.21. The van der Waals surface area contributed by atoms with Crippen molar-refractivity contribution in [3.8, 4) is 0 Å². The summed E-state index contributed by atoms with van der Waals surface area (Å²) >= 11 is 0. The summed E-state index contributed by atoms with van der Waals surface area (Å²) in [6.07, 6.45) is 2.96. The van der Waals surface area contributed by atoms with E-state index in [1.54, 1.807) is 12.0 Å². The van der Waals surface area contributed by atoms with Crippen molar-refractivity contribution in [3.05, 3.63) is 0 Å². The third kappa shape index (κ3) is 6.44. The Morgan fingerprint density at radius 3 is 2.61 bits per heavy atom. The first-order valence-corrected chi connectivity index (χ1v) is 6.42. The van der Waals surface area contributed by atoms with Gasteiger partial charge in [0.2, 0.25) is 5.91 Å². The predicted octanol–water partition coefficient (Wildman–Crippen LogP) is 0.333. The molecule has 0 unspecified atom stereocenters. The Hall–Kier alpha value is -1.30. The largest absolute Gasteiger partial charge is 0.385 e. The topological polar surface area (TPSA) is 70.7 Å². The second kappa shape index (κ2) is 7.92. The molecule has 0 aromatic carbocycles. The van der Waals surface area contributed by atoms with Crippen molar-refractivity contribution in [3.63, 3.8) is 0 Å². The lowest BCUT2D eigenvalue weighted by Crippen LogP contribution is -2.42. The van der Waals surface area contributed by atoms with Crippen molar-refractivity contribution in [1.29, 1.82) is 0 Å². The highest BCUT2D eigenvalue weighted by Gasteiger charge is 2.22. The highest BCUT2D eigenvalue weighted by molar-refractivity contribution is 5.75. The number of hydrogen-bond acceptors (Lipinski definition) is 3. The normalized spacial score (nSPS) is 14.1. The molecule has 1 aliphatic carbocycles. The lowest BCUT2D eigenvalue weighted by molar-refractivity contribution is -0.128. The fraction of sp³-hybridized carbons (Fsp3) is 0.833. The summed E-state index contributed by atoms with van der Waals surface area (Å²) in [5, 5.41) is 5.59. The van der Waals surface area contributed by atoms with E-state index in [1.807, 2.05) is 0 Å². The Balaban J connectivity index is 2.11. The average molecular weight is 257 g/mol. The van der Waals surface area contributed by atoms with Crippen LogP contribution in [0, 0.1) is 0 Å². The Morgan fingerprint density at radius 1 is 1.33 bits per heavy atom. The number of nitrogens with zero attached hydrogens (tertiary/aromatic N) is 1. The van der Waals surface area contributed by atoms with Crippen LogP contribution in [0.25, 0.3) is 0 Å². The molecule has 0 bridgehead atoms. The van der Waals surface area contributed by atoms with Crippen molar-refractivity contribution in [2.45, 2.75) is 32.2 Å². The van der Waals surface area contributed by atoms with Crippen LogP contribution >= 0.6 is 0 Å². The van der Waals surface area contributed by atoms with Gasteiger partial charge in [-0.1, -0.05) is 0 Å². The summed E-state index contributed by atoms with van der Waals surface area (Å²) in [5.41, 5.74) is 0. The van der Waals surface area contributed by atoms with Gasteiger partial charge in [0.25, 0.3) is 0 Å². The molecule has 18 heavy (non-hydrogen) atoms. The van der Waals surface area contributed by atoms with Crippen LogP contribution in [0.5, 0.6) is 0 Å². The van der Waals surface area contributed by atoms with Crippen LogP contribution in [0.2, 0.25) is 0 Å². The molecule has 1 fully saturated rings. The number of ether oxygens (including phenoxy) is 1. The summed E-state index contributed by atoms with van der Waals surface area (Å²) in [6, 6.07) is 0.216. The molecule has 1 saturated carbocycles. The van der Waals surface area contributed by atoms with Gasteiger partial charge in [-0.25, -0.2) is 4.79 Å². The molecule has 2 N–H and O–H groups in total. The van der Waals surface area contributed by atoms with E-state index < -0.39 is 0 Å². The molecule has 0 radical (unpaired) electrons. The van der Waals surface area contributed by atoms with Crippen molar-refractivity contribution in [2.24, 2.45) is 0 Å². The molecule has 104 valence electrons. The Labute approximate surface area is 108 Å². The van der Waals surface area contributed by atoms with E-state index in [4.69, 9.17) is 4.74 Å². The van der Waals surface area contributed by atoms with Gasteiger partial charge in [-0.2, -0.15) is 0 Å². The molecule has 0 saturated heterocycles. The smallest absolute Gasteiger partial charge is 0.315 e. The summed E-state index contributed by atoms with van der Waals surface area (Å²) in [5.74, 6) is 0.0236. The highest BCUT2D eigenvalue weighted by atomic mass is 16.5. The molecule has 0 aromatic rings. The fourth-order valence-corrected chi connectivity index (χ4v) is 1.59. The summed E-state index contributed by atoms with van der Waals surface area (Å²) < 4.78 is 4.95. The first kappa shape index (κ1) is 14.8. The number of rotatable bonds is 8. The van der Waals surface area contributed by atoms with Crippen LogP contribution < -0.4 is 10.6 Å². The minimum absolute atomic E-state index is 0.0236. The second-order valence-electron chi connectivity index (χ2n) is 4.53. The molecule has 0 atom stereocenters. The van der Waals surface area contributed by atoms with Gasteiger partial charge in [0.1, 0.15) is 0 Å². The van der Waals surface area contributed by atoms with E-state index in [1.165, 1.54) is 6.92 Å². The minimum Gasteiger partial charge on any atom is -0.385 e. The Morgan fingerprint density at radius 2 is 2.06 bits per heavy atom. The summed E-state index contributed by atoms with van der Waals surface area (Å²) in [4.78, 5) is 24.4. The Kier molecular flexibility index (Phi) is 6.49. The molecule has 6 heteroatoms. The van der Waals surface area contributed by atoms with Crippen LogP contribution in [0.15, 0.2) is 0 Å². The van der Waals surface area contributed by atoms with Gasteiger partial charge in [0.15, 0.2) is 0 Å². The molecular weight excluding hydrogens is 234 g/mol. The number of urea groups is 1. The van der Waals surface area contributed by atoms with E-state index in [2.05, 4.69) is 10.6 Å². The standard InChI is InChI=1S/C12H23N3O3/c1-10(16)15(7-3-9-18-2)8-6-13-12(17)14-11-4-5-11/h11H,3-9H2,1-2H3,(H2,13,14,17). The van der Waals surface area contributed by atoms with Crippen LogP contribution in [-0.4, -0.2) is 56.2 Å². The van der Waals surface area contributed by atoms with Gasteiger partial charge in [0, 0.05) is 46.3 Å². The van der Waals surface area contributed by atoms with Crippen molar-refractivity contribution < 1.29 is 14.3 Å². The number of carbonyl (C=O) groups excluding carboxylic acids is 2. The van der Waals surface area contributed by atoms with E-state index in [0.29, 0.717) is 32.3 Å². The second-order valence-corrected chi connectivity index (χ2v) is 4.53. The molecule has 3 amide bonds. The van der Waals surface area contributed by atoms with Crippen LogP contribution in [0.3, 0.4) is 0 Å². The molecular formula is C12H23N3O3. The number of methoxy groups -OCH3 is 1. The molecule has 0 heterocycles. The van der Waals surface area contributed by atoms with Gasteiger partial charge in [-0.15, -0.1) is 0 Å². The van der Waals surface area contributed by atoms with Crippen molar-refractivity contribution >= 4 is 11.9 Å². The van der Waals surface area contributed by atoms with Crippen LogP contribution in [-0.2, 0) is 9.53 Å². The van der Waals surface area contributed by atoms with Crippen LogP contribution in [0.4, 0.5) is 4.79 Å². The van der Waals surface area contributed by atoms with Gasteiger partial charge in [-0.05, 0) is 19.3 Å². The summed E-state index contributed by atoms with van der Waals surface area (Å²) in [6.45, 7) is 3.85. The van der Waals surface area contributed by atoms with Crippen LogP contribution in [0.1, 0.15) is 26.2 Å². The van der Waals surface area contributed by atoms with Gasteiger partial charge < -0.3 is 20.3 Å². The first-order valence-electron chi connectivity index (χ1n) is 6.42. The zero-order chi connectivity index (χ0) is 13.4. The zero-order valence-corrected chi connectivity index (χ0v) is 11.2. The van der Waals surface area contributed by atoms with E-state index >= 15 is 0 Å². The number of carbonyl (C=O) groups is 2. The van der Waals surface area contributed by atoms with E-state index in [-0.39, 0.29) is 11.9 Å². The molecule has 0 aliphatic heterocycles. The van der Waals surface area contributed by atoms with Crippen molar-refractivity contribution in [1.82, 2.24) is 15.5 Å². The maximum Gasteiger partial charge on any atom is 0.315 e. The molecule has 0 aromatic heterocycles. The Bertz CT molecular complexity index is 280. The van der Waals surface area contributed by atoms with E-state index in [0.717, 1.165) is 19.3 Å². The van der Waals surface area contributed by atoms with Gasteiger partial charge in [0.05, 0.1) is 0 Å². The molecule has 0 spiro atoms. The van der Waals surface area contributed by atoms with E-state index in [9.17, 15) is 9.59 Å². The minimum atomic E-state index is -0.141. The quantitative estimate of drug-likeness (QED) is 0.616. The fourth-order valence-electron chi connectivity index (χ4n) is 1.59. The maximum absolute atomic E-state index is 11.4. The molecule has 6 nitrogen and oxygen atoms in total. The maximum atomic E-state index is 11.4. The third-order valence-electron chi connectivity index (χ3n) is 2.80. The number of hydrogen-bond donors (Lipinski definition) is 2. The third-order valence-corrected chi connectivity index (χ3v) is 2.80. The monoisotopic (exact) mass is 257 g/mol. The predicted molar refractivity (Wildman–Crippen MR) is 68.3 cm³/mol. The SMILES string of the molecule is COCCCN(CCNC(=O)NC1CC1)C(C)=O. The lowest BCUT2D eigenvalue weighted by atomic mass is 10.3. The first-order chi connectivity index (χ1) is 8.63. The molecule has 1 rings (SSSR count). The molecule has 1 aliphatic rings. The van der Waals surface area contributed by atoms with Gasteiger partial charge in [-0.3, -0.25) is 4.79 Å². The highest BCUT2D eigenvalue weighted by Crippen LogP contribution is 2.18. The number of nitrogens with one attached hydrogen (secondary N) is 2. The van der Waals surface area contributed by atoms with Crippen molar-refractivity contribution in [2.75, 3.05) is 33.4 Å². The average Bonchev–Trinajstić information content (AvgIpc) is 3.10. The zero-order valence-electron chi connectivity index (χ0n) is 11.2. The number of amides is 3. The van der Waals surface area contributed by atoms with Gasteiger partial charge >= 0.3 is 6.03 Å².